The van der Waals surface area contributed by atoms with Crippen LogP contribution in [0.5, 0.6) is 0 Å². The third-order valence-electron chi connectivity index (χ3n) is 4.71. The van der Waals surface area contributed by atoms with E-state index in [0.717, 1.165) is 23.9 Å². The number of carbonyl (C=O) groups is 1. The second-order valence-corrected chi connectivity index (χ2v) is 8.07. The lowest BCUT2D eigenvalue weighted by Gasteiger charge is -2.37. The van der Waals surface area contributed by atoms with E-state index in [2.05, 4.69) is 10.3 Å². The maximum absolute atomic E-state index is 13.8. The SMILES string of the molecule is C[C@H](NC(=O)OC(C)(C)C)c1nc2ccc(F)cc2n1C1CC(CN)C1. The first kappa shape index (κ1) is 18.6. The molecule has 1 aromatic heterocycles. The monoisotopic (exact) mass is 362 g/mol. The average Bonchev–Trinajstić information content (AvgIpc) is 2.83. The third kappa shape index (κ3) is 3.82. The second-order valence-electron chi connectivity index (χ2n) is 8.07. The molecule has 0 saturated heterocycles. The van der Waals surface area contributed by atoms with Gasteiger partial charge in [-0.1, -0.05) is 0 Å². The van der Waals surface area contributed by atoms with Crippen LogP contribution >= 0.6 is 0 Å². The summed E-state index contributed by atoms with van der Waals surface area (Å²) in [7, 11) is 0. The van der Waals surface area contributed by atoms with Gasteiger partial charge in [0.1, 0.15) is 17.2 Å². The topological polar surface area (TPSA) is 82.2 Å². The minimum Gasteiger partial charge on any atom is -0.444 e. The Morgan fingerprint density at radius 1 is 1.46 bits per heavy atom. The highest BCUT2D eigenvalue weighted by Gasteiger charge is 2.33. The van der Waals surface area contributed by atoms with E-state index in [9.17, 15) is 9.18 Å². The Morgan fingerprint density at radius 3 is 2.77 bits per heavy atom. The van der Waals surface area contributed by atoms with E-state index >= 15 is 0 Å². The quantitative estimate of drug-likeness (QED) is 0.869. The standard InChI is InChI=1S/C19H27FN4O2/c1-11(22-18(25)26-19(2,3)4)17-23-15-6-5-13(20)9-16(15)24(17)14-7-12(8-14)10-21/h5-6,9,11-12,14H,7-8,10,21H2,1-4H3,(H,22,25)/t11-,12?,14?/m0/s1. The number of amides is 1. The van der Waals surface area contributed by atoms with Gasteiger partial charge in [0, 0.05) is 6.04 Å². The van der Waals surface area contributed by atoms with Crippen molar-refractivity contribution in [3.05, 3.63) is 29.8 Å². The summed E-state index contributed by atoms with van der Waals surface area (Å²) in [5.74, 6) is 0.887. The number of alkyl carbamates (subject to hydrolysis) is 1. The number of fused-ring (bicyclic) bond motifs is 1. The van der Waals surface area contributed by atoms with Crippen molar-refractivity contribution >= 4 is 17.1 Å². The summed E-state index contributed by atoms with van der Waals surface area (Å²) < 4.78 is 21.2. The van der Waals surface area contributed by atoms with Crippen LogP contribution in [0.2, 0.25) is 0 Å². The molecule has 3 N–H and O–H groups in total. The Balaban J connectivity index is 1.90. The van der Waals surface area contributed by atoms with Crippen LogP contribution in [0.1, 0.15) is 58.4 Å². The number of aromatic nitrogens is 2. The molecule has 7 heteroatoms. The van der Waals surface area contributed by atoms with Crippen LogP contribution in [0.15, 0.2) is 18.2 Å². The lowest BCUT2D eigenvalue weighted by atomic mass is 9.80. The summed E-state index contributed by atoms with van der Waals surface area (Å²) in [5.41, 5.74) is 6.64. The van der Waals surface area contributed by atoms with Gasteiger partial charge in [-0.15, -0.1) is 0 Å². The maximum Gasteiger partial charge on any atom is 0.408 e. The molecule has 142 valence electrons. The lowest BCUT2D eigenvalue weighted by Crippen LogP contribution is -2.37. The fraction of sp³-hybridized carbons (Fsp3) is 0.579. The van der Waals surface area contributed by atoms with Gasteiger partial charge in [0.2, 0.25) is 0 Å². The number of halogens is 1. The van der Waals surface area contributed by atoms with Gasteiger partial charge in [-0.25, -0.2) is 14.2 Å². The van der Waals surface area contributed by atoms with Crippen LogP contribution in [0.3, 0.4) is 0 Å². The lowest BCUT2D eigenvalue weighted by molar-refractivity contribution is 0.0503. The number of rotatable bonds is 4. The fourth-order valence-corrected chi connectivity index (χ4v) is 3.43. The predicted molar refractivity (Wildman–Crippen MR) is 98.3 cm³/mol. The van der Waals surface area contributed by atoms with E-state index in [4.69, 9.17) is 10.5 Å². The van der Waals surface area contributed by atoms with Crippen molar-refractivity contribution in [1.82, 2.24) is 14.9 Å². The van der Waals surface area contributed by atoms with Gasteiger partial charge in [-0.3, -0.25) is 0 Å². The molecule has 0 aliphatic heterocycles. The number of nitrogens with one attached hydrogen (secondary N) is 1. The number of nitrogens with zero attached hydrogens (tertiary/aromatic N) is 2. The first-order valence-corrected chi connectivity index (χ1v) is 9.05. The largest absolute Gasteiger partial charge is 0.444 e. The van der Waals surface area contributed by atoms with E-state index in [1.807, 2.05) is 32.3 Å². The summed E-state index contributed by atoms with van der Waals surface area (Å²) in [6.45, 7) is 7.96. The molecule has 26 heavy (non-hydrogen) atoms. The summed E-state index contributed by atoms with van der Waals surface area (Å²) >= 11 is 0. The van der Waals surface area contributed by atoms with E-state index in [0.29, 0.717) is 18.3 Å². The molecule has 3 rings (SSSR count). The van der Waals surface area contributed by atoms with E-state index < -0.39 is 11.7 Å². The number of hydrogen-bond acceptors (Lipinski definition) is 4. The van der Waals surface area contributed by atoms with Crippen LogP contribution in [-0.4, -0.2) is 27.8 Å². The second kappa shape index (κ2) is 6.87. The van der Waals surface area contributed by atoms with Crippen molar-refractivity contribution < 1.29 is 13.9 Å². The minimum atomic E-state index is -0.574. The minimum absolute atomic E-state index is 0.216. The van der Waals surface area contributed by atoms with Crippen molar-refractivity contribution in [2.45, 2.75) is 58.2 Å². The van der Waals surface area contributed by atoms with E-state index in [1.165, 1.54) is 12.1 Å². The average molecular weight is 362 g/mol. The molecule has 1 saturated carbocycles. The zero-order valence-corrected chi connectivity index (χ0v) is 15.8. The zero-order chi connectivity index (χ0) is 19.1. The van der Waals surface area contributed by atoms with Crippen LogP contribution in [-0.2, 0) is 4.74 Å². The van der Waals surface area contributed by atoms with Crippen LogP contribution in [0.25, 0.3) is 11.0 Å². The molecule has 1 heterocycles. The first-order valence-electron chi connectivity index (χ1n) is 9.05. The van der Waals surface area contributed by atoms with Crippen LogP contribution < -0.4 is 11.1 Å². The molecular formula is C19H27FN4O2. The van der Waals surface area contributed by atoms with Crippen LogP contribution in [0.4, 0.5) is 9.18 Å². The smallest absolute Gasteiger partial charge is 0.408 e. The third-order valence-corrected chi connectivity index (χ3v) is 4.71. The van der Waals surface area contributed by atoms with Crippen molar-refractivity contribution in [2.75, 3.05) is 6.54 Å². The van der Waals surface area contributed by atoms with Crippen molar-refractivity contribution in [3.63, 3.8) is 0 Å². The van der Waals surface area contributed by atoms with Crippen LogP contribution in [0, 0.1) is 11.7 Å². The molecule has 1 amide bonds. The molecule has 0 radical (unpaired) electrons. The highest BCUT2D eigenvalue weighted by molar-refractivity contribution is 5.77. The van der Waals surface area contributed by atoms with Crippen molar-refractivity contribution in [1.29, 1.82) is 0 Å². The van der Waals surface area contributed by atoms with Gasteiger partial charge in [-0.2, -0.15) is 0 Å². The summed E-state index contributed by atoms with van der Waals surface area (Å²) in [6.07, 6.45) is 1.37. The zero-order valence-electron chi connectivity index (χ0n) is 15.8. The number of hydrogen-bond donors (Lipinski definition) is 2. The molecule has 1 aromatic carbocycles. The molecule has 6 nitrogen and oxygen atoms in total. The fourth-order valence-electron chi connectivity index (χ4n) is 3.43. The number of imidazole rings is 1. The molecule has 1 aliphatic carbocycles. The van der Waals surface area contributed by atoms with Crippen molar-refractivity contribution in [3.8, 4) is 0 Å². The molecule has 0 spiro atoms. The molecule has 0 bridgehead atoms. The number of ether oxygens (including phenoxy) is 1. The Kier molecular flexibility index (Phi) is 4.92. The Bertz CT molecular complexity index is 806. The molecule has 2 aromatic rings. The van der Waals surface area contributed by atoms with Crippen molar-refractivity contribution in [2.24, 2.45) is 11.7 Å². The first-order chi connectivity index (χ1) is 12.2. The van der Waals surface area contributed by atoms with Gasteiger partial charge in [0.25, 0.3) is 0 Å². The maximum atomic E-state index is 13.8. The van der Waals surface area contributed by atoms with Gasteiger partial charge >= 0.3 is 6.09 Å². The summed E-state index contributed by atoms with van der Waals surface area (Å²) in [6, 6.07) is 4.43. The molecular weight excluding hydrogens is 335 g/mol. The number of benzene rings is 1. The van der Waals surface area contributed by atoms with E-state index in [1.54, 1.807) is 6.07 Å². The molecule has 1 fully saturated rings. The molecule has 1 aliphatic rings. The Labute approximate surface area is 152 Å². The van der Waals surface area contributed by atoms with Gasteiger partial charge in [0.15, 0.2) is 0 Å². The predicted octanol–water partition coefficient (Wildman–Crippen LogP) is 3.67. The number of nitrogens with two attached hydrogens (primary N) is 1. The highest BCUT2D eigenvalue weighted by Crippen LogP contribution is 2.41. The van der Waals surface area contributed by atoms with Gasteiger partial charge in [0.05, 0.1) is 17.1 Å². The Hall–Kier alpha value is -2.15. The van der Waals surface area contributed by atoms with E-state index in [-0.39, 0.29) is 17.9 Å². The molecule has 0 unspecified atom stereocenters. The normalized spacial score (nSPS) is 21.3. The Morgan fingerprint density at radius 2 is 2.15 bits per heavy atom. The van der Waals surface area contributed by atoms with Gasteiger partial charge < -0.3 is 20.4 Å². The molecule has 1 atom stereocenters. The summed E-state index contributed by atoms with van der Waals surface area (Å²) in [5, 5.41) is 2.83. The number of carbonyl (C=O) groups excluding carboxylic acids is 1. The summed E-state index contributed by atoms with van der Waals surface area (Å²) in [4.78, 5) is 16.8. The van der Waals surface area contributed by atoms with Gasteiger partial charge in [-0.05, 0) is 71.2 Å². The highest BCUT2D eigenvalue weighted by atomic mass is 19.1.